The number of carbonyl (C=O) groups is 1. The third-order valence-electron chi connectivity index (χ3n) is 2.70. The van der Waals surface area contributed by atoms with E-state index in [9.17, 15) is 14.9 Å². The number of nitro benzene ring substituents is 1. The Kier molecular flexibility index (Phi) is 4.88. The first-order valence-corrected chi connectivity index (χ1v) is 7.06. The maximum Gasteiger partial charge on any atom is 0.288 e. The van der Waals surface area contributed by atoms with Crippen LogP contribution in [0.3, 0.4) is 0 Å². The number of hydrogen-bond acceptors (Lipinski definition) is 3. The normalized spacial score (nSPS) is 10.8. The number of rotatable bonds is 4. The van der Waals surface area contributed by atoms with Crippen molar-refractivity contribution in [2.75, 3.05) is 0 Å². The molecular formula is C15H9BrClNO3. The first-order valence-electron chi connectivity index (χ1n) is 5.89. The molecule has 2 rings (SSSR count). The van der Waals surface area contributed by atoms with Gasteiger partial charge in [0.25, 0.3) is 5.69 Å². The lowest BCUT2D eigenvalue weighted by atomic mass is 10.1. The number of hydrogen-bond donors (Lipinski definition) is 0. The van der Waals surface area contributed by atoms with E-state index in [1.54, 1.807) is 6.08 Å². The summed E-state index contributed by atoms with van der Waals surface area (Å²) in [6.07, 6.45) is 3.02. The third-order valence-corrected chi connectivity index (χ3v) is 3.52. The highest BCUT2D eigenvalue weighted by Gasteiger charge is 2.14. The van der Waals surface area contributed by atoms with Gasteiger partial charge in [-0.1, -0.05) is 45.7 Å². The molecular weight excluding hydrogens is 358 g/mol. The molecule has 0 N–H and O–H groups in total. The van der Waals surface area contributed by atoms with Crippen molar-refractivity contribution in [3.63, 3.8) is 0 Å². The highest BCUT2D eigenvalue weighted by molar-refractivity contribution is 9.10. The summed E-state index contributed by atoms with van der Waals surface area (Å²) in [7, 11) is 0. The highest BCUT2D eigenvalue weighted by atomic mass is 79.9. The lowest BCUT2D eigenvalue weighted by Gasteiger charge is -1.99. The SMILES string of the molecule is O=C(C=Cc1cccc(Br)c1)c1ccc(Cl)c([N+](=O)[O-])c1. The Hall–Kier alpha value is -1.98. The number of carbonyl (C=O) groups excluding carboxylic acids is 1. The fourth-order valence-electron chi connectivity index (χ4n) is 1.68. The maximum atomic E-state index is 12.0. The first-order chi connectivity index (χ1) is 9.97. The summed E-state index contributed by atoms with van der Waals surface area (Å²) in [5, 5.41) is 10.8. The Balaban J connectivity index is 2.25. The molecule has 2 aromatic rings. The van der Waals surface area contributed by atoms with Crippen LogP contribution in [0.4, 0.5) is 5.69 Å². The van der Waals surface area contributed by atoms with Gasteiger partial charge >= 0.3 is 0 Å². The van der Waals surface area contributed by atoms with Crippen molar-refractivity contribution < 1.29 is 9.72 Å². The van der Waals surface area contributed by atoms with Crippen molar-refractivity contribution in [3.05, 3.63) is 79.3 Å². The standard InChI is InChI=1S/C15H9BrClNO3/c16-12-3-1-2-10(8-12)4-7-15(19)11-5-6-13(17)14(9-11)18(20)21/h1-9H. The van der Waals surface area contributed by atoms with Crippen LogP contribution in [0.25, 0.3) is 6.08 Å². The van der Waals surface area contributed by atoms with Gasteiger partial charge in [0.2, 0.25) is 0 Å². The van der Waals surface area contributed by atoms with Gasteiger partial charge in [-0.15, -0.1) is 0 Å². The van der Waals surface area contributed by atoms with Crippen LogP contribution in [0.5, 0.6) is 0 Å². The molecule has 4 nitrogen and oxygen atoms in total. The number of benzene rings is 2. The third kappa shape index (κ3) is 4.00. The zero-order valence-corrected chi connectivity index (χ0v) is 13.0. The molecule has 0 bridgehead atoms. The minimum Gasteiger partial charge on any atom is -0.289 e. The fraction of sp³-hybridized carbons (Fsp3) is 0. The summed E-state index contributed by atoms with van der Waals surface area (Å²) in [5.41, 5.74) is 0.789. The molecule has 0 aliphatic heterocycles. The van der Waals surface area contributed by atoms with Gasteiger partial charge < -0.3 is 0 Å². The molecule has 0 aromatic heterocycles. The molecule has 0 aliphatic rings. The Morgan fingerprint density at radius 2 is 2.00 bits per heavy atom. The molecule has 0 heterocycles. The van der Waals surface area contributed by atoms with E-state index >= 15 is 0 Å². The summed E-state index contributed by atoms with van der Waals surface area (Å²) in [4.78, 5) is 22.2. The second-order valence-electron chi connectivity index (χ2n) is 4.18. The summed E-state index contributed by atoms with van der Waals surface area (Å²) in [6.45, 7) is 0. The van der Waals surface area contributed by atoms with E-state index in [1.807, 2.05) is 24.3 Å². The van der Waals surface area contributed by atoms with Crippen LogP contribution in [0.15, 0.2) is 53.0 Å². The monoisotopic (exact) mass is 365 g/mol. The van der Waals surface area contributed by atoms with Crippen molar-refractivity contribution in [2.45, 2.75) is 0 Å². The maximum absolute atomic E-state index is 12.0. The molecule has 0 atom stereocenters. The van der Waals surface area contributed by atoms with E-state index in [2.05, 4.69) is 15.9 Å². The molecule has 0 amide bonds. The van der Waals surface area contributed by atoms with E-state index in [4.69, 9.17) is 11.6 Å². The quantitative estimate of drug-likeness (QED) is 0.334. The van der Waals surface area contributed by atoms with Crippen molar-refractivity contribution in [1.29, 1.82) is 0 Å². The minimum absolute atomic E-state index is 0.00696. The van der Waals surface area contributed by atoms with Gasteiger partial charge in [0.1, 0.15) is 5.02 Å². The van der Waals surface area contributed by atoms with Gasteiger partial charge in [-0.3, -0.25) is 14.9 Å². The van der Waals surface area contributed by atoms with Gasteiger partial charge in [-0.2, -0.15) is 0 Å². The number of nitro groups is 1. The summed E-state index contributed by atoms with van der Waals surface area (Å²) in [6, 6.07) is 11.4. The Bertz CT molecular complexity index is 743. The van der Waals surface area contributed by atoms with E-state index in [1.165, 1.54) is 24.3 Å². The van der Waals surface area contributed by atoms with Crippen molar-refractivity contribution in [2.24, 2.45) is 0 Å². The van der Waals surface area contributed by atoms with Crippen LogP contribution in [0.2, 0.25) is 5.02 Å². The average molecular weight is 367 g/mol. The van der Waals surface area contributed by atoms with Crippen LogP contribution in [0, 0.1) is 10.1 Å². The number of halogens is 2. The number of ketones is 1. The van der Waals surface area contributed by atoms with Crippen LogP contribution in [-0.4, -0.2) is 10.7 Å². The zero-order valence-electron chi connectivity index (χ0n) is 10.6. The highest BCUT2D eigenvalue weighted by Crippen LogP contribution is 2.25. The Labute approximate surface area is 134 Å². The lowest BCUT2D eigenvalue weighted by molar-refractivity contribution is -0.384. The van der Waals surface area contributed by atoms with Gasteiger partial charge in [0.15, 0.2) is 5.78 Å². The molecule has 106 valence electrons. The molecule has 0 aliphatic carbocycles. The summed E-state index contributed by atoms with van der Waals surface area (Å²) in [5.74, 6) is -0.324. The average Bonchev–Trinajstić information content (AvgIpc) is 2.45. The van der Waals surface area contributed by atoms with Gasteiger partial charge in [0.05, 0.1) is 4.92 Å². The van der Waals surface area contributed by atoms with E-state index in [0.29, 0.717) is 0 Å². The molecule has 2 aromatic carbocycles. The lowest BCUT2D eigenvalue weighted by Crippen LogP contribution is -1.97. The molecule has 0 saturated carbocycles. The van der Waals surface area contributed by atoms with E-state index in [-0.39, 0.29) is 22.1 Å². The molecule has 6 heteroatoms. The van der Waals surface area contributed by atoms with Gasteiger partial charge in [0, 0.05) is 16.1 Å². The van der Waals surface area contributed by atoms with E-state index < -0.39 is 4.92 Å². The van der Waals surface area contributed by atoms with Gasteiger partial charge in [-0.05, 0) is 35.9 Å². The van der Waals surface area contributed by atoms with E-state index in [0.717, 1.165) is 10.0 Å². The minimum atomic E-state index is -0.614. The number of allylic oxidation sites excluding steroid dienone is 1. The fourth-order valence-corrected chi connectivity index (χ4v) is 2.29. The van der Waals surface area contributed by atoms with Crippen molar-refractivity contribution in [1.82, 2.24) is 0 Å². The number of nitrogens with zero attached hydrogens (tertiary/aromatic N) is 1. The Morgan fingerprint density at radius 3 is 2.67 bits per heavy atom. The topological polar surface area (TPSA) is 60.2 Å². The predicted octanol–water partition coefficient (Wildman–Crippen LogP) is 4.91. The van der Waals surface area contributed by atoms with Crippen molar-refractivity contribution >= 4 is 45.1 Å². The molecule has 0 spiro atoms. The second-order valence-corrected chi connectivity index (χ2v) is 5.50. The van der Waals surface area contributed by atoms with Crippen LogP contribution < -0.4 is 0 Å². The molecule has 0 radical (unpaired) electrons. The van der Waals surface area contributed by atoms with Crippen LogP contribution in [-0.2, 0) is 0 Å². The Morgan fingerprint density at radius 1 is 1.24 bits per heavy atom. The zero-order chi connectivity index (χ0) is 15.4. The predicted molar refractivity (Wildman–Crippen MR) is 85.6 cm³/mol. The first kappa shape index (κ1) is 15.4. The molecule has 0 unspecified atom stereocenters. The smallest absolute Gasteiger partial charge is 0.288 e. The van der Waals surface area contributed by atoms with Crippen LogP contribution >= 0.6 is 27.5 Å². The van der Waals surface area contributed by atoms with Crippen LogP contribution in [0.1, 0.15) is 15.9 Å². The second kappa shape index (κ2) is 6.65. The summed E-state index contributed by atoms with van der Waals surface area (Å²) >= 11 is 9.05. The van der Waals surface area contributed by atoms with Gasteiger partial charge in [-0.25, -0.2) is 0 Å². The summed E-state index contributed by atoms with van der Waals surface area (Å²) < 4.78 is 0.902. The molecule has 21 heavy (non-hydrogen) atoms. The van der Waals surface area contributed by atoms with Crippen molar-refractivity contribution in [3.8, 4) is 0 Å². The largest absolute Gasteiger partial charge is 0.289 e. The molecule has 0 saturated heterocycles. The molecule has 0 fully saturated rings.